The Morgan fingerprint density at radius 1 is 1.17 bits per heavy atom. The van der Waals surface area contributed by atoms with Crippen LogP contribution < -0.4 is 11.3 Å². The number of rotatable bonds is 3. The molecular formula is C14H14ClFN2. The SMILES string of the molecule is Cc1ccc(C(NN)c2ccc(F)cc2)c(Cl)c1. The number of hydrogen-bond donors (Lipinski definition) is 2. The summed E-state index contributed by atoms with van der Waals surface area (Å²) in [4.78, 5) is 0. The average Bonchev–Trinajstić information content (AvgIpc) is 2.35. The van der Waals surface area contributed by atoms with Gasteiger partial charge in [-0.2, -0.15) is 0 Å². The van der Waals surface area contributed by atoms with E-state index in [0.29, 0.717) is 5.02 Å². The van der Waals surface area contributed by atoms with Gasteiger partial charge >= 0.3 is 0 Å². The largest absolute Gasteiger partial charge is 0.271 e. The molecule has 0 fully saturated rings. The Balaban J connectivity index is 2.41. The van der Waals surface area contributed by atoms with Crippen LogP contribution in [0.2, 0.25) is 5.02 Å². The van der Waals surface area contributed by atoms with Gasteiger partial charge in [0.2, 0.25) is 0 Å². The van der Waals surface area contributed by atoms with Crippen molar-refractivity contribution < 1.29 is 4.39 Å². The van der Waals surface area contributed by atoms with Gasteiger partial charge in [-0.3, -0.25) is 5.84 Å². The summed E-state index contributed by atoms with van der Waals surface area (Å²) < 4.78 is 12.9. The highest BCUT2D eigenvalue weighted by Crippen LogP contribution is 2.28. The lowest BCUT2D eigenvalue weighted by Gasteiger charge is -2.18. The normalized spacial score (nSPS) is 12.4. The molecular weight excluding hydrogens is 251 g/mol. The molecule has 1 unspecified atom stereocenters. The number of nitrogens with one attached hydrogen (secondary N) is 1. The van der Waals surface area contributed by atoms with Gasteiger partial charge in [0.15, 0.2) is 0 Å². The van der Waals surface area contributed by atoms with Crippen molar-refractivity contribution in [3.8, 4) is 0 Å². The van der Waals surface area contributed by atoms with Gasteiger partial charge in [-0.05, 0) is 41.8 Å². The van der Waals surface area contributed by atoms with Crippen LogP contribution in [-0.2, 0) is 0 Å². The van der Waals surface area contributed by atoms with E-state index in [4.69, 9.17) is 17.4 Å². The van der Waals surface area contributed by atoms with Gasteiger partial charge < -0.3 is 0 Å². The highest BCUT2D eigenvalue weighted by atomic mass is 35.5. The Morgan fingerprint density at radius 3 is 2.39 bits per heavy atom. The molecule has 4 heteroatoms. The lowest BCUT2D eigenvalue weighted by Crippen LogP contribution is -2.29. The molecule has 1 atom stereocenters. The van der Waals surface area contributed by atoms with Gasteiger partial charge in [0, 0.05) is 5.02 Å². The second-order valence-electron chi connectivity index (χ2n) is 4.18. The van der Waals surface area contributed by atoms with Gasteiger partial charge in [-0.15, -0.1) is 0 Å². The molecule has 2 aromatic carbocycles. The molecule has 0 saturated heterocycles. The standard InChI is InChI=1S/C14H14ClFN2/c1-9-2-7-12(13(15)8-9)14(18-17)10-3-5-11(16)6-4-10/h2-8,14,18H,17H2,1H3. The smallest absolute Gasteiger partial charge is 0.123 e. The first-order valence-corrected chi connectivity index (χ1v) is 5.97. The van der Waals surface area contributed by atoms with Crippen LogP contribution in [-0.4, -0.2) is 0 Å². The molecule has 18 heavy (non-hydrogen) atoms. The molecule has 3 N–H and O–H groups in total. The van der Waals surface area contributed by atoms with E-state index in [2.05, 4.69) is 5.43 Å². The predicted molar refractivity (Wildman–Crippen MR) is 71.8 cm³/mol. The van der Waals surface area contributed by atoms with Crippen LogP contribution in [0.5, 0.6) is 0 Å². The highest BCUT2D eigenvalue weighted by molar-refractivity contribution is 6.31. The maximum absolute atomic E-state index is 12.9. The lowest BCUT2D eigenvalue weighted by molar-refractivity contribution is 0.615. The van der Waals surface area contributed by atoms with Crippen molar-refractivity contribution in [2.24, 2.45) is 5.84 Å². The fourth-order valence-corrected chi connectivity index (χ4v) is 2.23. The van der Waals surface area contributed by atoms with E-state index >= 15 is 0 Å². The van der Waals surface area contributed by atoms with Crippen LogP contribution in [0.1, 0.15) is 22.7 Å². The van der Waals surface area contributed by atoms with E-state index in [9.17, 15) is 4.39 Å². The molecule has 0 bridgehead atoms. The summed E-state index contributed by atoms with van der Waals surface area (Å²) in [5.74, 6) is 5.31. The molecule has 2 aromatic rings. The quantitative estimate of drug-likeness (QED) is 0.659. The molecule has 2 rings (SSSR count). The minimum atomic E-state index is -0.274. The van der Waals surface area contributed by atoms with Gasteiger partial charge in [-0.25, -0.2) is 9.82 Å². The van der Waals surface area contributed by atoms with Crippen molar-refractivity contribution in [2.75, 3.05) is 0 Å². The molecule has 2 nitrogen and oxygen atoms in total. The zero-order valence-corrected chi connectivity index (χ0v) is 10.7. The van der Waals surface area contributed by atoms with E-state index in [-0.39, 0.29) is 11.9 Å². The molecule has 0 heterocycles. The van der Waals surface area contributed by atoms with Crippen LogP contribution in [0.4, 0.5) is 4.39 Å². The Morgan fingerprint density at radius 2 is 1.83 bits per heavy atom. The van der Waals surface area contributed by atoms with E-state index in [1.807, 2.05) is 25.1 Å². The van der Waals surface area contributed by atoms with Crippen LogP contribution in [0.3, 0.4) is 0 Å². The van der Waals surface area contributed by atoms with E-state index in [1.165, 1.54) is 12.1 Å². The van der Waals surface area contributed by atoms with Gasteiger partial charge in [0.1, 0.15) is 5.82 Å². The fourth-order valence-electron chi connectivity index (χ4n) is 1.89. The van der Waals surface area contributed by atoms with Crippen molar-refractivity contribution in [3.63, 3.8) is 0 Å². The molecule has 0 aliphatic rings. The third kappa shape index (κ3) is 2.70. The minimum absolute atomic E-state index is 0.251. The van der Waals surface area contributed by atoms with Crippen molar-refractivity contribution in [2.45, 2.75) is 13.0 Å². The minimum Gasteiger partial charge on any atom is -0.271 e. The lowest BCUT2D eigenvalue weighted by atomic mass is 9.98. The maximum Gasteiger partial charge on any atom is 0.123 e. The van der Waals surface area contributed by atoms with E-state index in [0.717, 1.165) is 16.7 Å². The summed E-state index contributed by atoms with van der Waals surface area (Å²) in [6.07, 6.45) is 0. The molecule has 0 saturated carbocycles. The molecule has 0 aromatic heterocycles. The first-order chi connectivity index (χ1) is 8.61. The highest BCUT2D eigenvalue weighted by Gasteiger charge is 2.15. The summed E-state index contributed by atoms with van der Waals surface area (Å²) in [5, 5.41) is 0.641. The van der Waals surface area contributed by atoms with E-state index < -0.39 is 0 Å². The van der Waals surface area contributed by atoms with Gasteiger partial charge in [0.25, 0.3) is 0 Å². The maximum atomic E-state index is 12.9. The van der Waals surface area contributed by atoms with Crippen LogP contribution >= 0.6 is 11.6 Å². The van der Waals surface area contributed by atoms with Crippen molar-refractivity contribution >= 4 is 11.6 Å². The number of halogens is 2. The third-order valence-corrected chi connectivity index (χ3v) is 3.16. The summed E-state index contributed by atoms with van der Waals surface area (Å²) in [7, 11) is 0. The Hall–Kier alpha value is -1.42. The van der Waals surface area contributed by atoms with Crippen molar-refractivity contribution in [1.82, 2.24) is 5.43 Å². The monoisotopic (exact) mass is 264 g/mol. The Kier molecular flexibility index (Phi) is 3.97. The summed E-state index contributed by atoms with van der Waals surface area (Å²) in [6.45, 7) is 1.97. The Labute approximate surface area is 111 Å². The molecule has 0 amide bonds. The van der Waals surface area contributed by atoms with Crippen LogP contribution in [0, 0.1) is 12.7 Å². The first-order valence-electron chi connectivity index (χ1n) is 5.59. The summed E-state index contributed by atoms with van der Waals surface area (Å²) in [5.41, 5.74) is 5.53. The number of aryl methyl sites for hydroxylation is 1. The number of hydrazine groups is 1. The van der Waals surface area contributed by atoms with Gasteiger partial charge in [-0.1, -0.05) is 35.9 Å². The predicted octanol–water partition coefficient (Wildman–Crippen LogP) is 3.34. The van der Waals surface area contributed by atoms with Crippen molar-refractivity contribution in [3.05, 3.63) is 70.0 Å². The number of hydrogen-bond acceptors (Lipinski definition) is 2. The zero-order chi connectivity index (χ0) is 13.1. The zero-order valence-electron chi connectivity index (χ0n) is 9.95. The molecule has 0 radical (unpaired) electrons. The van der Waals surface area contributed by atoms with Crippen LogP contribution in [0.15, 0.2) is 42.5 Å². The molecule has 0 aliphatic heterocycles. The Bertz CT molecular complexity index is 540. The second kappa shape index (κ2) is 5.48. The van der Waals surface area contributed by atoms with Gasteiger partial charge in [0.05, 0.1) is 6.04 Å². The van der Waals surface area contributed by atoms with Crippen molar-refractivity contribution in [1.29, 1.82) is 0 Å². The molecule has 94 valence electrons. The number of nitrogens with two attached hydrogens (primary N) is 1. The summed E-state index contributed by atoms with van der Waals surface area (Å²) in [6, 6.07) is 11.7. The third-order valence-electron chi connectivity index (χ3n) is 2.84. The molecule has 0 spiro atoms. The fraction of sp³-hybridized carbons (Fsp3) is 0.143. The van der Waals surface area contributed by atoms with E-state index in [1.54, 1.807) is 12.1 Å². The summed E-state index contributed by atoms with van der Waals surface area (Å²) >= 11 is 6.21. The number of benzene rings is 2. The topological polar surface area (TPSA) is 38.0 Å². The van der Waals surface area contributed by atoms with Crippen LogP contribution in [0.25, 0.3) is 0 Å². The second-order valence-corrected chi connectivity index (χ2v) is 4.58. The first kappa shape index (κ1) is 13.0. The molecule has 0 aliphatic carbocycles. The average molecular weight is 265 g/mol.